The average Bonchev–Trinajstić information content (AvgIpc) is 1.99. The summed E-state index contributed by atoms with van der Waals surface area (Å²) in [4.78, 5) is 0. The van der Waals surface area contributed by atoms with Gasteiger partial charge in [0.2, 0.25) is 0 Å². The first kappa shape index (κ1) is 15.4. The van der Waals surface area contributed by atoms with Gasteiger partial charge in [-0.15, -0.1) is 0 Å². The third-order valence-electron chi connectivity index (χ3n) is 1.50. The standard InChI is InChI=1S/C6H14O.C6H14/c1-5(2)7-6(3)4;1-3-5-6-4-2/h5-6H,1-4H3;3-6H2,1-2H3. The Labute approximate surface area is 84.9 Å². The van der Waals surface area contributed by atoms with Crippen LogP contribution in [-0.2, 0) is 4.74 Å². The van der Waals surface area contributed by atoms with Crippen LogP contribution >= 0.6 is 0 Å². The second-order valence-corrected chi connectivity index (χ2v) is 3.94. The molecule has 0 aliphatic rings. The summed E-state index contributed by atoms with van der Waals surface area (Å²) in [6.45, 7) is 12.6. The van der Waals surface area contributed by atoms with Crippen molar-refractivity contribution in [3.05, 3.63) is 0 Å². The van der Waals surface area contributed by atoms with Crippen LogP contribution in [0.5, 0.6) is 0 Å². The van der Waals surface area contributed by atoms with Gasteiger partial charge in [-0.2, -0.15) is 0 Å². The Morgan fingerprint density at radius 1 is 0.769 bits per heavy atom. The lowest BCUT2D eigenvalue weighted by atomic mass is 10.2. The molecule has 1 heteroatoms. The molecule has 0 N–H and O–H groups in total. The molecular formula is C12H28O. The Balaban J connectivity index is 0. The van der Waals surface area contributed by atoms with E-state index in [1.54, 1.807) is 0 Å². The number of hydrogen-bond acceptors (Lipinski definition) is 1. The van der Waals surface area contributed by atoms with E-state index < -0.39 is 0 Å². The minimum Gasteiger partial charge on any atom is -0.376 e. The van der Waals surface area contributed by atoms with Crippen LogP contribution in [0, 0.1) is 0 Å². The van der Waals surface area contributed by atoms with E-state index >= 15 is 0 Å². The molecule has 82 valence electrons. The fraction of sp³-hybridized carbons (Fsp3) is 1.00. The van der Waals surface area contributed by atoms with Gasteiger partial charge in [-0.3, -0.25) is 0 Å². The highest BCUT2D eigenvalue weighted by Crippen LogP contribution is 1.95. The molecule has 0 fully saturated rings. The summed E-state index contributed by atoms with van der Waals surface area (Å²) in [5.74, 6) is 0. The summed E-state index contributed by atoms with van der Waals surface area (Å²) < 4.78 is 5.25. The minimum atomic E-state index is 0.375. The van der Waals surface area contributed by atoms with Crippen molar-refractivity contribution in [3.63, 3.8) is 0 Å². The first-order chi connectivity index (χ1) is 6.04. The van der Waals surface area contributed by atoms with Crippen LogP contribution in [-0.4, -0.2) is 12.2 Å². The van der Waals surface area contributed by atoms with Gasteiger partial charge in [0.05, 0.1) is 12.2 Å². The lowest BCUT2D eigenvalue weighted by molar-refractivity contribution is 0.0300. The molecule has 0 aromatic rings. The van der Waals surface area contributed by atoms with Crippen LogP contribution in [0.3, 0.4) is 0 Å². The minimum absolute atomic E-state index is 0.375. The van der Waals surface area contributed by atoms with Crippen molar-refractivity contribution in [3.8, 4) is 0 Å². The predicted molar refractivity (Wildman–Crippen MR) is 61.2 cm³/mol. The molecular weight excluding hydrogens is 160 g/mol. The predicted octanol–water partition coefficient (Wildman–Crippen LogP) is 4.41. The van der Waals surface area contributed by atoms with Crippen molar-refractivity contribution in [2.45, 2.75) is 79.4 Å². The average molecular weight is 188 g/mol. The topological polar surface area (TPSA) is 9.23 Å². The number of ether oxygens (including phenoxy) is 1. The molecule has 0 heterocycles. The second-order valence-electron chi connectivity index (χ2n) is 3.94. The molecule has 0 bridgehead atoms. The lowest BCUT2D eigenvalue weighted by Crippen LogP contribution is -2.09. The molecule has 0 aromatic heterocycles. The number of hydrogen-bond donors (Lipinski definition) is 0. The van der Waals surface area contributed by atoms with Crippen molar-refractivity contribution in [1.82, 2.24) is 0 Å². The van der Waals surface area contributed by atoms with Gasteiger partial charge in [0.15, 0.2) is 0 Å². The van der Waals surface area contributed by atoms with Crippen molar-refractivity contribution in [2.24, 2.45) is 0 Å². The third-order valence-corrected chi connectivity index (χ3v) is 1.50. The molecule has 0 radical (unpaired) electrons. The van der Waals surface area contributed by atoms with E-state index in [1.807, 2.05) is 27.7 Å². The maximum absolute atomic E-state index is 5.25. The SMILES string of the molecule is CC(C)OC(C)C.CCCCCC. The van der Waals surface area contributed by atoms with Crippen molar-refractivity contribution >= 4 is 0 Å². The maximum Gasteiger partial charge on any atom is 0.0522 e. The van der Waals surface area contributed by atoms with Crippen molar-refractivity contribution < 1.29 is 4.74 Å². The summed E-state index contributed by atoms with van der Waals surface area (Å²) in [6, 6.07) is 0. The molecule has 0 saturated carbocycles. The molecule has 0 amide bonds. The van der Waals surface area contributed by atoms with Crippen LogP contribution in [0.15, 0.2) is 0 Å². The molecule has 0 aromatic carbocycles. The Kier molecular flexibility index (Phi) is 14.2. The van der Waals surface area contributed by atoms with Gasteiger partial charge in [0, 0.05) is 0 Å². The fourth-order valence-corrected chi connectivity index (χ4v) is 1.04. The lowest BCUT2D eigenvalue weighted by Gasteiger charge is -2.09. The van der Waals surface area contributed by atoms with Crippen molar-refractivity contribution in [1.29, 1.82) is 0 Å². The molecule has 0 aliphatic heterocycles. The molecule has 0 saturated heterocycles. The van der Waals surface area contributed by atoms with E-state index in [0.29, 0.717) is 12.2 Å². The van der Waals surface area contributed by atoms with Gasteiger partial charge in [-0.25, -0.2) is 0 Å². The van der Waals surface area contributed by atoms with Gasteiger partial charge in [0.1, 0.15) is 0 Å². The van der Waals surface area contributed by atoms with E-state index in [4.69, 9.17) is 4.74 Å². The van der Waals surface area contributed by atoms with E-state index in [0.717, 1.165) is 0 Å². The summed E-state index contributed by atoms with van der Waals surface area (Å²) in [5, 5.41) is 0. The van der Waals surface area contributed by atoms with Crippen LogP contribution in [0.25, 0.3) is 0 Å². The molecule has 0 aliphatic carbocycles. The maximum atomic E-state index is 5.25. The zero-order chi connectivity index (χ0) is 10.7. The van der Waals surface area contributed by atoms with E-state index in [-0.39, 0.29) is 0 Å². The molecule has 1 nitrogen and oxygen atoms in total. The van der Waals surface area contributed by atoms with Crippen LogP contribution in [0.2, 0.25) is 0 Å². The Bertz CT molecular complexity index is 67.2. The molecule has 0 rings (SSSR count). The van der Waals surface area contributed by atoms with E-state index in [2.05, 4.69) is 13.8 Å². The fourth-order valence-electron chi connectivity index (χ4n) is 1.04. The smallest absolute Gasteiger partial charge is 0.0522 e. The normalized spacial score (nSPS) is 10.2. The monoisotopic (exact) mass is 188 g/mol. The molecule has 0 atom stereocenters. The zero-order valence-electron chi connectivity index (χ0n) is 10.4. The van der Waals surface area contributed by atoms with Gasteiger partial charge >= 0.3 is 0 Å². The van der Waals surface area contributed by atoms with E-state index in [9.17, 15) is 0 Å². The van der Waals surface area contributed by atoms with Crippen LogP contribution < -0.4 is 0 Å². The van der Waals surface area contributed by atoms with Crippen LogP contribution in [0.1, 0.15) is 67.2 Å². The van der Waals surface area contributed by atoms with Crippen LogP contribution in [0.4, 0.5) is 0 Å². The first-order valence-corrected chi connectivity index (χ1v) is 5.70. The van der Waals surface area contributed by atoms with Gasteiger partial charge < -0.3 is 4.74 Å². The van der Waals surface area contributed by atoms with Gasteiger partial charge in [0.25, 0.3) is 0 Å². The summed E-state index contributed by atoms with van der Waals surface area (Å²) in [5.41, 5.74) is 0. The second kappa shape index (κ2) is 12.0. The molecule has 13 heavy (non-hydrogen) atoms. The Hall–Kier alpha value is -0.0400. The van der Waals surface area contributed by atoms with Gasteiger partial charge in [-0.05, 0) is 27.7 Å². The Morgan fingerprint density at radius 3 is 1.15 bits per heavy atom. The summed E-state index contributed by atoms with van der Waals surface area (Å²) in [6.07, 6.45) is 6.29. The number of unbranched alkanes of at least 4 members (excludes halogenated alkanes) is 3. The quantitative estimate of drug-likeness (QED) is 0.581. The Morgan fingerprint density at radius 2 is 1.08 bits per heavy atom. The number of rotatable bonds is 5. The summed E-state index contributed by atoms with van der Waals surface area (Å²) in [7, 11) is 0. The zero-order valence-corrected chi connectivity index (χ0v) is 10.4. The molecule has 0 spiro atoms. The molecule has 0 unspecified atom stereocenters. The largest absolute Gasteiger partial charge is 0.376 e. The first-order valence-electron chi connectivity index (χ1n) is 5.70. The summed E-state index contributed by atoms with van der Waals surface area (Å²) >= 11 is 0. The highest BCUT2D eigenvalue weighted by molar-refractivity contribution is 4.40. The van der Waals surface area contributed by atoms with Crippen molar-refractivity contribution in [2.75, 3.05) is 0 Å². The van der Waals surface area contributed by atoms with E-state index in [1.165, 1.54) is 25.7 Å². The van der Waals surface area contributed by atoms with Gasteiger partial charge in [-0.1, -0.05) is 39.5 Å². The highest BCUT2D eigenvalue weighted by atomic mass is 16.5. The third kappa shape index (κ3) is 24.5. The highest BCUT2D eigenvalue weighted by Gasteiger charge is 1.94.